The number of phosphoric acid groups is 1. The first-order valence-electron chi connectivity index (χ1n) is 18.7. The van der Waals surface area contributed by atoms with E-state index in [1.165, 1.54) is 103 Å². The molecular formula is C37H73N2O6P. The number of likely N-dealkylation sites (N-methyl/N-ethyl adjacent to an activating group) is 1. The lowest BCUT2D eigenvalue weighted by molar-refractivity contribution is -0.870. The van der Waals surface area contributed by atoms with E-state index < -0.39 is 26.6 Å². The quantitative estimate of drug-likeness (QED) is 0.0312. The molecule has 272 valence electrons. The highest BCUT2D eigenvalue weighted by molar-refractivity contribution is 7.45. The van der Waals surface area contributed by atoms with Gasteiger partial charge in [0.1, 0.15) is 13.2 Å². The zero-order valence-electron chi connectivity index (χ0n) is 30.5. The van der Waals surface area contributed by atoms with Crippen molar-refractivity contribution in [1.29, 1.82) is 0 Å². The van der Waals surface area contributed by atoms with Gasteiger partial charge in [-0.05, 0) is 19.3 Å². The summed E-state index contributed by atoms with van der Waals surface area (Å²) in [5.41, 5.74) is 0. The van der Waals surface area contributed by atoms with Crippen LogP contribution in [0.2, 0.25) is 0 Å². The molecule has 0 aromatic carbocycles. The molecule has 46 heavy (non-hydrogen) atoms. The van der Waals surface area contributed by atoms with E-state index in [0.29, 0.717) is 17.4 Å². The number of carbonyl (C=O) groups is 1. The summed E-state index contributed by atoms with van der Waals surface area (Å²) >= 11 is 0. The van der Waals surface area contributed by atoms with E-state index in [2.05, 4.69) is 25.2 Å². The van der Waals surface area contributed by atoms with Gasteiger partial charge in [0.15, 0.2) is 0 Å². The number of aliphatic hydroxyl groups is 1. The van der Waals surface area contributed by atoms with Crippen LogP contribution in [0.1, 0.15) is 155 Å². The molecule has 2 N–H and O–H groups in total. The Balaban J connectivity index is 4.56. The van der Waals surface area contributed by atoms with E-state index in [-0.39, 0.29) is 12.5 Å². The van der Waals surface area contributed by atoms with Crippen LogP contribution in [0.3, 0.4) is 0 Å². The van der Waals surface area contributed by atoms with Crippen molar-refractivity contribution in [1.82, 2.24) is 5.32 Å². The summed E-state index contributed by atoms with van der Waals surface area (Å²) in [7, 11) is 1.23. The molecule has 0 heterocycles. The third kappa shape index (κ3) is 31.6. The molecule has 0 rings (SSSR count). The van der Waals surface area contributed by atoms with E-state index in [0.717, 1.165) is 32.1 Å². The Labute approximate surface area is 284 Å². The molecule has 0 aliphatic carbocycles. The number of quaternary nitrogens is 1. The fraction of sp³-hybridized carbons (Fsp3) is 0.865. The number of allylic oxidation sites excluding steroid dienone is 3. The molecule has 0 bridgehead atoms. The molecule has 8 nitrogen and oxygen atoms in total. The predicted octanol–water partition coefficient (Wildman–Crippen LogP) is 8.77. The summed E-state index contributed by atoms with van der Waals surface area (Å²) in [5, 5.41) is 13.6. The molecule has 0 aromatic rings. The molecule has 0 fully saturated rings. The standard InChI is InChI=1S/C37H73N2O6P/c1-6-8-10-12-14-16-18-19-20-21-23-25-27-29-31-37(41)38-35(34-45-46(42,43)44-33-32-39(3,4)5)36(40)30-28-26-24-22-17-15-13-11-9-7-2/h24,26,28,30,35-36,40H,6-23,25,27,29,31-34H2,1-5H3,(H-,38,41,42,43)/b26-24+,30-28+/t35-,36+/m0/s1. The van der Waals surface area contributed by atoms with Crippen LogP contribution in [0.15, 0.2) is 24.3 Å². The zero-order chi connectivity index (χ0) is 34.4. The number of amides is 1. The topological polar surface area (TPSA) is 108 Å². The number of nitrogens with one attached hydrogen (secondary N) is 1. The Kier molecular flexibility index (Phi) is 29.4. The molecule has 0 saturated carbocycles. The van der Waals surface area contributed by atoms with Gasteiger partial charge in [-0.3, -0.25) is 9.36 Å². The molecular weight excluding hydrogens is 599 g/mol. The SMILES string of the molecule is CCCCCCCC/C=C/C=C/[C@@H](O)[C@H](COP(=O)([O-])OCC[N+](C)(C)C)NC(=O)CCCCCCCCCCCCCCCC. The monoisotopic (exact) mass is 673 g/mol. The Morgan fingerprint density at radius 1 is 0.761 bits per heavy atom. The lowest BCUT2D eigenvalue weighted by Crippen LogP contribution is -2.45. The minimum absolute atomic E-state index is 0.00766. The third-order valence-corrected chi connectivity index (χ3v) is 9.18. The molecule has 0 aliphatic rings. The van der Waals surface area contributed by atoms with Crippen molar-refractivity contribution in [2.45, 2.75) is 167 Å². The van der Waals surface area contributed by atoms with Gasteiger partial charge >= 0.3 is 0 Å². The smallest absolute Gasteiger partial charge is 0.268 e. The van der Waals surface area contributed by atoms with Gasteiger partial charge in [-0.1, -0.05) is 154 Å². The number of hydrogen-bond acceptors (Lipinski definition) is 6. The van der Waals surface area contributed by atoms with Crippen molar-refractivity contribution in [3.8, 4) is 0 Å². The van der Waals surface area contributed by atoms with E-state index in [1.807, 2.05) is 27.2 Å². The Morgan fingerprint density at radius 2 is 1.24 bits per heavy atom. The summed E-state index contributed by atoms with van der Waals surface area (Å²) in [6.07, 6.45) is 32.3. The van der Waals surface area contributed by atoms with Crippen LogP contribution in [0, 0.1) is 0 Å². The average Bonchev–Trinajstić information content (AvgIpc) is 2.99. The highest BCUT2D eigenvalue weighted by Gasteiger charge is 2.23. The fourth-order valence-corrected chi connectivity index (χ4v) is 5.87. The van der Waals surface area contributed by atoms with Crippen molar-refractivity contribution in [3.05, 3.63) is 24.3 Å². The first-order valence-corrected chi connectivity index (χ1v) is 20.2. The predicted molar refractivity (Wildman–Crippen MR) is 192 cm³/mol. The van der Waals surface area contributed by atoms with E-state index in [4.69, 9.17) is 9.05 Å². The maximum absolute atomic E-state index is 12.7. The number of nitrogens with zero attached hydrogens (tertiary/aromatic N) is 1. The van der Waals surface area contributed by atoms with Gasteiger partial charge in [-0.25, -0.2) is 0 Å². The molecule has 0 aliphatic heterocycles. The molecule has 1 amide bonds. The van der Waals surface area contributed by atoms with Crippen molar-refractivity contribution in [2.24, 2.45) is 0 Å². The highest BCUT2D eigenvalue weighted by atomic mass is 31.2. The molecule has 0 spiro atoms. The van der Waals surface area contributed by atoms with Crippen LogP contribution in [0.5, 0.6) is 0 Å². The maximum Gasteiger partial charge on any atom is 0.268 e. The number of carbonyl (C=O) groups excluding carboxylic acids is 1. The third-order valence-electron chi connectivity index (χ3n) is 8.22. The summed E-state index contributed by atoms with van der Waals surface area (Å²) < 4.78 is 23.0. The Bertz CT molecular complexity index is 814. The van der Waals surface area contributed by atoms with Gasteiger partial charge in [-0.15, -0.1) is 0 Å². The molecule has 3 atom stereocenters. The minimum Gasteiger partial charge on any atom is -0.756 e. The van der Waals surface area contributed by atoms with Crippen LogP contribution in [-0.2, 0) is 18.4 Å². The number of hydrogen-bond donors (Lipinski definition) is 2. The van der Waals surface area contributed by atoms with Crippen molar-refractivity contribution >= 4 is 13.7 Å². The first-order chi connectivity index (χ1) is 22.0. The molecule has 0 saturated heterocycles. The van der Waals surface area contributed by atoms with Crippen LogP contribution in [-0.4, -0.2) is 68.5 Å². The van der Waals surface area contributed by atoms with Crippen molar-refractivity contribution in [3.63, 3.8) is 0 Å². The lowest BCUT2D eigenvalue weighted by Gasteiger charge is -2.29. The van der Waals surface area contributed by atoms with Gasteiger partial charge < -0.3 is 28.8 Å². The van der Waals surface area contributed by atoms with Gasteiger partial charge in [0.05, 0.1) is 39.9 Å². The van der Waals surface area contributed by atoms with Gasteiger partial charge in [-0.2, -0.15) is 0 Å². The van der Waals surface area contributed by atoms with Gasteiger partial charge in [0.2, 0.25) is 5.91 Å². The zero-order valence-corrected chi connectivity index (χ0v) is 31.4. The Hall–Kier alpha value is -1.02. The second kappa shape index (κ2) is 30.1. The first kappa shape index (κ1) is 45.0. The van der Waals surface area contributed by atoms with Crippen LogP contribution >= 0.6 is 7.82 Å². The summed E-state index contributed by atoms with van der Waals surface area (Å²) in [4.78, 5) is 25.1. The van der Waals surface area contributed by atoms with Crippen molar-refractivity contribution in [2.75, 3.05) is 40.9 Å². The van der Waals surface area contributed by atoms with E-state index in [1.54, 1.807) is 12.2 Å². The number of aliphatic hydroxyl groups excluding tert-OH is 1. The fourth-order valence-electron chi connectivity index (χ4n) is 5.15. The number of unbranched alkanes of at least 4 members (excludes halogenated alkanes) is 19. The molecule has 0 aromatic heterocycles. The summed E-state index contributed by atoms with van der Waals surface area (Å²) in [5.74, 6) is -0.217. The molecule has 0 radical (unpaired) electrons. The second-order valence-corrected chi connectivity index (χ2v) is 15.4. The summed E-state index contributed by atoms with van der Waals surface area (Å²) in [6, 6.07) is -0.911. The van der Waals surface area contributed by atoms with Crippen LogP contribution in [0.25, 0.3) is 0 Å². The van der Waals surface area contributed by atoms with Crippen LogP contribution < -0.4 is 10.2 Å². The normalized spacial score (nSPS) is 15.0. The lowest BCUT2D eigenvalue weighted by atomic mass is 10.0. The number of rotatable bonds is 33. The minimum atomic E-state index is -4.58. The molecule has 1 unspecified atom stereocenters. The van der Waals surface area contributed by atoms with Crippen molar-refractivity contribution < 1.29 is 32.9 Å². The van der Waals surface area contributed by atoms with Gasteiger partial charge in [0.25, 0.3) is 7.82 Å². The number of phosphoric ester groups is 1. The largest absolute Gasteiger partial charge is 0.756 e. The van der Waals surface area contributed by atoms with Gasteiger partial charge in [0, 0.05) is 6.42 Å². The van der Waals surface area contributed by atoms with E-state index in [9.17, 15) is 19.4 Å². The average molecular weight is 673 g/mol. The second-order valence-electron chi connectivity index (χ2n) is 14.0. The molecule has 9 heteroatoms. The maximum atomic E-state index is 12.7. The highest BCUT2D eigenvalue weighted by Crippen LogP contribution is 2.38. The summed E-state index contributed by atoms with van der Waals surface area (Å²) in [6.45, 7) is 4.56. The van der Waals surface area contributed by atoms with E-state index >= 15 is 0 Å². The Morgan fingerprint density at radius 3 is 1.74 bits per heavy atom. The van der Waals surface area contributed by atoms with Crippen LogP contribution in [0.4, 0.5) is 0 Å².